The number of hydrogen-bond donors (Lipinski definition) is 2. The zero-order valence-electron chi connectivity index (χ0n) is 10.5. The molecule has 18 heavy (non-hydrogen) atoms. The zero-order chi connectivity index (χ0) is 13.3. The van der Waals surface area contributed by atoms with Gasteiger partial charge in [-0.05, 0) is 42.3 Å². The van der Waals surface area contributed by atoms with E-state index in [2.05, 4.69) is 31.4 Å². The Hall–Kier alpha value is -1.56. The minimum Gasteiger partial charge on any atom is -0.397 e. The van der Waals surface area contributed by atoms with Gasteiger partial charge >= 0.3 is 0 Å². The predicted molar refractivity (Wildman–Crippen MR) is 74.4 cm³/mol. The highest BCUT2D eigenvalue weighted by Crippen LogP contribution is 2.28. The molecule has 0 amide bonds. The maximum atomic E-state index is 5.78. The predicted octanol–water partition coefficient (Wildman–Crippen LogP) is 2.95. The number of pyridine rings is 1. The molecule has 2 rings (SSSR count). The number of aryl methyl sites for hydroxylation is 2. The van der Waals surface area contributed by atoms with Crippen LogP contribution in [0.4, 0.5) is 11.5 Å². The minimum atomic E-state index is 0.621. The van der Waals surface area contributed by atoms with Crippen LogP contribution in [0.5, 0.6) is 0 Å². The quantitative estimate of drug-likeness (QED) is 0.911. The van der Waals surface area contributed by atoms with E-state index in [0.29, 0.717) is 12.2 Å². The van der Waals surface area contributed by atoms with Crippen molar-refractivity contribution in [3.63, 3.8) is 0 Å². The molecule has 2 aromatic rings. The van der Waals surface area contributed by atoms with E-state index in [1.54, 1.807) is 6.20 Å². The number of nitrogens with one attached hydrogen (secondary N) is 1. The Balaban J connectivity index is 2.19. The summed E-state index contributed by atoms with van der Waals surface area (Å²) in [5, 5.41) is 7.17. The van der Waals surface area contributed by atoms with Gasteiger partial charge < -0.3 is 15.6 Å². The Labute approximate surface area is 114 Å². The molecule has 0 fully saturated rings. The van der Waals surface area contributed by atoms with Crippen molar-refractivity contribution in [1.29, 1.82) is 0 Å². The molecule has 5 nitrogen and oxygen atoms in total. The van der Waals surface area contributed by atoms with Crippen molar-refractivity contribution >= 4 is 27.4 Å². The Morgan fingerprint density at radius 3 is 2.72 bits per heavy atom. The molecule has 0 aliphatic rings. The molecule has 2 heterocycles. The molecule has 0 aliphatic heterocycles. The maximum Gasteiger partial charge on any atom is 0.140 e. The molecule has 0 radical (unpaired) electrons. The van der Waals surface area contributed by atoms with E-state index < -0.39 is 0 Å². The van der Waals surface area contributed by atoms with Gasteiger partial charge in [-0.1, -0.05) is 5.16 Å². The Morgan fingerprint density at radius 1 is 1.39 bits per heavy atom. The molecular formula is C12H15BrN4O. The molecule has 6 heteroatoms. The Morgan fingerprint density at radius 2 is 2.11 bits per heavy atom. The van der Waals surface area contributed by atoms with Crippen LogP contribution in [-0.4, -0.2) is 10.1 Å². The SMILES string of the molecule is Cc1noc(C)c1CNc1ncc(N)c(C)c1Br. The molecule has 0 aromatic carbocycles. The molecule has 2 aromatic heterocycles. The molecule has 0 spiro atoms. The molecular weight excluding hydrogens is 296 g/mol. The summed E-state index contributed by atoms with van der Waals surface area (Å²) < 4.78 is 6.00. The van der Waals surface area contributed by atoms with Crippen LogP contribution in [0.3, 0.4) is 0 Å². The van der Waals surface area contributed by atoms with E-state index >= 15 is 0 Å². The standard InChI is InChI=1S/C12H15BrN4O/c1-6-10(14)5-16-12(11(6)13)15-4-9-7(2)17-18-8(9)3/h5H,4,14H2,1-3H3,(H,15,16). The van der Waals surface area contributed by atoms with Gasteiger partial charge in [0.25, 0.3) is 0 Å². The van der Waals surface area contributed by atoms with E-state index in [1.165, 1.54) is 0 Å². The average Bonchev–Trinajstić information content (AvgIpc) is 2.66. The fraction of sp³-hybridized carbons (Fsp3) is 0.333. The van der Waals surface area contributed by atoms with Crippen molar-refractivity contribution in [3.05, 3.63) is 33.3 Å². The number of nitrogens with zero attached hydrogens (tertiary/aromatic N) is 2. The van der Waals surface area contributed by atoms with Crippen LogP contribution in [0.1, 0.15) is 22.6 Å². The van der Waals surface area contributed by atoms with E-state index in [1.807, 2.05) is 20.8 Å². The van der Waals surface area contributed by atoms with Crippen molar-refractivity contribution in [2.75, 3.05) is 11.1 Å². The highest BCUT2D eigenvalue weighted by atomic mass is 79.9. The van der Waals surface area contributed by atoms with Crippen molar-refractivity contribution < 1.29 is 4.52 Å². The summed E-state index contributed by atoms with van der Waals surface area (Å²) in [6, 6.07) is 0. The third-order valence-corrected chi connectivity index (χ3v) is 3.89. The smallest absolute Gasteiger partial charge is 0.140 e. The first-order valence-corrected chi connectivity index (χ1v) is 6.36. The second-order valence-corrected chi connectivity index (χ2v) is 4.95. The monoisotopic (exact) mass is 310 g/mol. The Bertz CT molecular complexity index is 560. The lowest BCUT2D eigenvalue weighted by Crippen LogP contribution is -2.05. The van der Waals surface area contributed by atoms with Crippen LogP contribution in [0.15, 0.2) is 15.2 Å². The first-order valence-electron chi connectivity index (χ1n) is 5.57. The summed E-state index contributed by atoms with van der Waals surface area (Å²) in [7, 11) is 0. The second-order valence-electron chi connectivity index (χ2n) is 4.16. The number of hydrogen-bond acceptors (Lipinski definition) is 5. The summed E-state index contributed by atoms with van der Waals surface area (Å²) in [6.45, 7) is 6.39. The minimum absolute atomic E-state index is 0.621. The number of rotatable bonds is 3. The maximum absolute atomic E-state index is 5.78. The lowest BCUT2D eigenvalue weighted by Gasteiger charge is -2.10. The van der Waals surface area contributed by atoms with Crippen molar-refractivity contribution in [2.45, 2.75) is 27.3 Å². The van der Waals surface area contributed by atoms with Gasteiger partial charge in [-0.2, -0.15) is 0 Å². The first-order chi connectivity index (χ1) is 8.50. The molecule has 0 saturated heterocycles. The highest BCUT2D eigenvalue weighted by Gasteiger charge is 2.11. The summed E-state index contributed by atoms with van der Waals surface area (Å²) in [5.74, 6) is 1.59. The average molecular weight is 311 g/mol. The third-order valence-electron chi connectivity index (χ3n) is 2.92. The van der Waals surface area contributed by atoms with Crippen molar-refractivity contribution in [2.24, 2.45) is 0 Å². The fourth-order valence-electron chi connectivity index (χ4n) is 1.64. The van der Waals surface area contributed by atoms with Crippen LogP contribution in [0.2, 0.25) is 0 Å². The van der Waals surface area contributed by atoms with Gasteiger partial charge in [-0.25, -0.2) is 4.98 Å². The first kappa shape index (κ1) is 12.9. The van der Waals surface area contributed by atoms with Crippen LogP contribution in [-0.2, 0) is 6.54 Å². The Kier molecular flexibility index (Phi) is 3.56. The molecule has 0 aliphatic carbocycles. The lowest BCUT2D eigenvalue weighted by atomic mass is 10.2. The molecule has 0 saturated carbocycles. The fourth-order valence-corrected chi connectivity index (χ4v) is 2.11. The van der Waals surface area contributed by atoms with E-state index in [0.717, 1.165) is 32.9 Å². The van der Waals surface area contributed by atoms with E-state index in [9.17, 15) is 0 Å². The van der Waals surface area contributed by atoms with Gasteiger partial charge in [0, 0.05) is 12.1 Å². The van der Waals surface area contributed by atoms with Crippen LogP contribution < -0.4 is 11.1 Å². The van der Waals surface area contributed by atoms with Gasteiger partial charge in [-0.3, -0.25) is 0 Å². The van der Waals surface area contributed by atoms with Gasteiger partial charge in [0.1, 0.15) is 11.6 Å². The number of halogens is 1. The van der Waals surface area contributed by atoms with Crippen LogP contribution >= 0.6 is 15.9 Å². The lowest BCUT2D eigenvalue weighted by molar-refractivity contribution is 0.392. The highest BCUT2D eigenvalue weighted by molar-refractivity contribution is 9.10. The number of nitrogens with two attached hydrogens (primary N) is 1. The normalized spacial score (nSPS) is 10.7. The van der Waals surface area contributed by atoms with E-state index in [-0.39, 0.29) is 0 Å². The molecule has 0 bridgehead atoms. The summed E-state index contributed by atoms with van der Waals surface area (Å²) in [4.78, 5) is 4.26. The molecule has 96 valence electrons. The number of nitrogen functional groups attached to an aromatic ring is 1. The van der Waals surface area contributed by atoms with Gasteiger partial charge in [0.15, 0.2) is 0 Å². The summed E-state index contributed by atoms with van der Waals surface area (Å²) in [5.41, 5.74) is 9.38. The number of aromatic nitrogens is 2. The largest absolute Gasteiger partial charge is 0.397 e. The van der Waals surface area contributed by atoms with E-state index in [4.69, 9.17) is 10.3 Å². The van der Waals surface area contributed by atoms with Crippen LogP contribution in [0, 0.1) is 20.8 Å². The van der Waals surface area contributed by atoms with Crippen molar-refractivity contribution in [3.8, 4) is 0 Å². The molecule has 0 unspecified atom stereocenters. The second kappa shape index (κ2) is 4.97. The van der Waals surface area contributed by atoms with Gasteiger partial charge in [-0.15, -0.1) is 0 Å². The summed E-state index contributed by atoms with van der Waals surface area (Å²) in [6.07, 6.45) is 1.65. The molecule has 3 N–H and O–H groups in total. The zero-order valence-corrected chi connectivity index (χ0v) is 12.1. The van der Waals surface area contributed by atoms with Crippen LogP contribution in [0.25, 0.3) is 0 Å². The van der Waals surface area contributed by atoms with Gasteiger partial charge in [0.2, 0.25) is 0 Å². The van der Waals surface area contributed by atoms with Crippen molar-refractivity contribution in [1.82, 2.24) is 10.1 Å². The summed E-state index contributed by atoms with van der Waals surface area (Å²) >= 11 is 3.49. The third kappa shape index (κ3) is 2.33. The molecule has 0 atom stereocenters. The topological polar surface area (TPSA) is 77.0 Å². The van der Waals surface area contributed by atoms with Gasteiger partial charge in [0.05, 0.1) is 22.1 Å². The number of anilines is 2.